The molecule has 0 radical (unpaired) electrons. The molecule has 0 bridgehead atoms. The lowest BCUT2D eigenvalue weighted by Gasteiger charge is -2.36. The number of carbonyl (C=O) groups excluding carboxylic acids is 1. The number of methoxy groups -OCH3 is 2. The maximum Gasteiger partial charge on any atom is 0.243 e. The summed E-state index contributed by atoms with van der Waals surface area (Å²) >= 11 is 0. The molecule has 1 atom stereocenters. The highest BCUT2D eigenvalue weighted by Gasteiger charge is 2.32. The Morgan fingerprint density at radius 2 is 1.56 bits per heavy atom. The van der Waals surface area contributed by atoms with Crippen LogP contribution in [0.3, 0.4) is 0 Å². The highest BCUT2D eigenvalue weighted by Crippen LogP contribution is 2.26. The number of sulfonamides is 1. The molecule has 174 valence electrons. The van der Waals surface area contributed by atoms with E-state index in [0.29, 0.717) is 36.3 Å². The van der Waals surface area contributed by atoms with Gasteiger partial charge in [0.15, 0.2) is 11.6 Å². The van der Waals surface area contributed by atoms with Crippen molar-refractivity contribution in [1.82, 2.24) is 9.21 Å². The van der Waals surface area contributed by atoms with Gasteiger partial charge >= 0.3 is 0 Å². The zero-order valence-electron chi connectivity index (χ0n) is 18.0. The average Bonchev–Trinajstić information content (AvgIpc) is 2.79. The Morgan fingerprint density at radius 3 is 2.09 bits per heavy atom. The third kappa shape index (κ3) is 5.17. The van der Waals surface area contributed by atoms with E-state index in [2.05, 4.69) is 5.32 Å². The van der Waals surface area contributed by atoms with Crippen LogP contribution in [0.5, 0.6) is 11.5 Å². The van der Waals surface area contributed by atoms with E-state index in [1.807, 2.05) is 4.90 Å². The van der Waals surface area contributed by atoms with E-state index >= 15 is 0 Å². The first-order chi connectivity index (χ1) is 15.1. The normalized spacial score (nSPS) is 16.4. The highest BCUT2D eigenvalue weighted by atomic mass is 32.2. The van der Waals surface area contributed by atoms with E-state index < -0.39 is 27.7 Å². The molecular formula is C21H25F2N3O5S. The van der Waals surface area contributed by atoms with E-state index in [9.17, 15) is 22.0 Å². The van der Waals surface area contributed by atoms with Crippen LogP contribution >= 0.6 is 0 Å². The van der Waals surface area contributed by atoms with Gasteiger partial charge in [-0.25, -0.2) is 17.2 Å². The minimum atomic E-state index is -3.96. The molecule has 1 N–H and O–H groups in total. The van der Waals surface area contributed by atoms with Gasteiger partial charge in [-0.3, -0.25) is 9.69 Å². The molecule has 1 heterocycles. The number of amides is 1. The van der Waals surface area contributed by atoms with Gasteiger partial charge in [0.25, 0.3) is 0 Å². The number of ether oxygens (including phenoxy) is 2. The average molecular weight is 470 g/mol. The molecule has 1 fully saturated rings. The number of piperazine rings is 1. The zero-order valence-corrected chi connectivity index (χ0v) is 18.8. The highest BCUT2D eigenvalue weighted by molar-refractivity contribution is 7.89. The fraction of sp³-hybridized carbons (Fsp3) is 0.381. The first-order valence-electron chi connectivity index (χ1n) is 9.89. The summed E-state index contributed by atoms with van der Waals surface area (Å²) in [7, 11) is -0.941. The van der Waals surface area contributed by atoms with Crippen molar-refractivity contribution in [3.05, 3.63) is 48.0 Å². The van der Waals surface area contributed by atoms with E-state index in [1.165, 1.54) is 18.5 Å². The second kappa shape index (κ2) is 9.80. The molecule has 3 rings (SSSR count). The van der Waals surface area contributed by atoms with Gasteiger partial charge in [0.2, 0.25) is 15.9 Å². The lowest BCUT2D eigenvalue weighted by molar-refractivity contribution is -0.121. The number of halogens is 2. The zero-order chi connectivity index (χ0) is 23.5. The van der Waals surface area contributed by atoms with E-state index in [1.54, 1.807) is 25.1 Å². The Balaban J connectivity index is 1.63. The summed E-state index contributed by atoms with van der Waals surface area (Å²) < 4.78 is 63.7. The SMILES string of the molecule is COc1cc(NC(=O)[C@@H](C)N2CCN(S(=O)(=O)c3ccc(F)c(F)c3)CC2)cc(OC)c1. The van der Waals surface area contributed by atoms with Crippen LogP contribution < -0.4 is 14.8 Å². The van der Waals surface area contributed by atoms with Crippen LogP contribution in [-0.2, 0) is 14.8 Å². The fourth-order valence-electron chi connectivity index (χ4n) is 3.41. The number of rotatable bonds is 7. The van der Waals surface area contributed by atoms with Crippen LogP contribution in [-0.4, -0.2) is 70.0 Å². The number of benzene rings is 2. The third-order valence-corrected chi connectivity index (χ3v) is 7.24. The molecule has 11 heteroatoms. The standard InChI is InChI=1S/C21H25F2N3O5S/c1-14(21(27)24-15-10-16(30-2)12-17(11-15)31-3)25-6-8-26(9-7-25)32(28,29)18-4-5-19(22)20(23)13-18/h4-5,10-14H,6-9H2,1-3H3,(H,24,27)/t14-/m1/s1. The Bertz CT molecular complexity index is 1070. The molecule has 0 aromatic heterocycles. The second-order valence-corrected chi connectivity index (χ2v) is 9.22. The number of hydrogen-bond acceptors (Lipinski definition) is 6. The van der Waals surface area contributed by atoms with Crippen molar-refractivity contribution in [2.75, 3.05) is 45.7 Å². The number of hydrogen-bond donors (Lipinski definition) is 1. The first kappa shape index (κ1) is 23.9. The van der Waals surface area contributed by atoms with Gasteiger partial charge in [-0.2, -0.15) is 4.31 Å². The Morgan fingerprint density at radius 1 is 0.969 bits per heavy atom. The topological polar surface area (TPSA) is 88.2 Å². The Kier molecular flexibility index (Phi) is 7.32. The predicted octanol–water partition coefficient (Wildman–Crippen LogP) is 2.32. The molecule has 2 aromatic carbocycles. The quantitative estimate of drug-likeness (QED) is 0.670. The van der Waals surface area contributed by atoms with Crippen molar-refractivity contribution in [3.63, 3.8) is 0 Å². The van der Waals surface area contributed by atoms with Crippen LogP contribution in [0.2, 0.25) is 0 Å². The fourth-order valence-corrected chi connectivity index (χ4v) is 4.84. The van der Waals surface area contributed by atoms with Crippen molar-refractivity contribution in [2.24, 2.45) is 0 Å². The van der Waals surface area contributed by atoms with Crippen molar-refractivity contribution in [3.8, 4) is 11.5 Å². The van der Waals surface area contributed by atoms with Crippen molar-refractivity contribution < 1.29 is 31.5 Å². The van der Waals surface area contributed by atoms with Crippen molar-refractivity contribution in [2.45, 2.75) is 17.9 Å². The van der Waals surface area contributed by atoms with Crippen LogP contribution in [0.25, 0.3) is 0 Å². The van der Waals surface area contributed by atoms with Gasteiger partial charge in [-0.05, 0) is 25.1 Å². The summed E-state index contributed by atoms with van der Waals surface area (Å²) in [5, 5.41) is 2.82. The molecular weight excluding hydrogens is 444 g/mol. The Labute approximate surface area is 185 Å². The van der Waals surface area contributed by atoms with Gasteiger partial charge < -0.3 is 14.8 Å². The number of nitrogens with one attached hydrogen (secondary N) is 1. The molecule has 0 saturated carbocycles. The maximum absolute atomic E-state index is 13.5. The van der Waals surface area contributed by atoms with Gasteiger partial charge in [0.05, 0.1) is 25.2 Å². The van der Waals surface area contributed by atoms with Crippen molar-refractivity contribution in [1.29, 1.82) is 0 Å². The minimum Gasteiger partial charge on any atom is -0.497 e. The summed E-state index contributed by atoms with van der Waals surface area (Å²) in [6.45, 7) is 2.57. The van der Waals surface area contributed by atoms with Gasteiger partial charge in [0, 0.05) is 50.1 Å². The number of carbonyl (C=O) groups is 1. The molecule has 1 aliphatic rings. The van der Waals surface area contributed by atoms with E-state index in [0.717, 1.165) is 12.1 Å². The summed E-state index contributed by atoms with van der Waals surface area (Å²) in [5.41, 5.74) is 0.512. The molecule has 1 aliphatic heterocycles. The third-order valence-electron chi connectivity index (χ3n) is 5.35. The minimum absolute atomic E-state index is 0.117. The molecule has 0 aliphatic carbocycles. The Hall–Kier alpha value is -2.76. The van der Waals surface area contributed by atoms with Crippen molar-refractivity contribution >= 4 is 21.6 Å². The van der Waals surface area contributed by atoms with E-state index in [-0.39, 0.29) is 23.9 Å². The van der Waals surface area contributed by atoms with E-state index in [4.69, 9.17) is 9.47 Å². The maximum atomic E-state index is 13.5. The summed E-state index contributed by atoms with van der Waals surface area (Å²) in [5.74, 6) is -1.53. The molecule has 0 unspecified atom stereocenters. The van der Waals surface area contributed by atoms with Crippen LogP contribution in [0.4, 0.5) is 14.5 Å². The second-order valence-electron chi connectivity index (χ2n) is 7.28. The molecule has 32 heavy (non-hydrogen) atoms. The molecule has 1 saturated heterocycles. The van der Waals surface area contributed by atoms with Crippen LogP contribution in [0, 0.1) is 11.6 Å². The van der Waals surface area contributed by atoms with Gasteiger partial charge in [0.1, 0.15) is 11.5 Å². The largest absolute Gasteiger partial charge is 0.497 e. The van der Waals surface area contributed by atoms with Gasteiger partial charge in [-0.15, -0.1) is 0 Å². The monoisotopic (exact) mass is 469 g/mol. The summed E-state index contributed by atoms with van der Waals surface area (Å²) in [4.78, 5) is 14.3. The molecule has 1 amide bonds. The molecule has 8 nitrogen and oxygen atoms in total. The smallest absolute Gasteiger partial charge is 0.243 e. The summed E-state index contributed by atoms with van der Waals surface area (Å²) in [6.07, 6.45) is 0. The van der Waals surface area contributed by atoms with Crippen LogP contribution in [0.15, 0.2) is 41.3 Å². The predicted molar refractivity (Wildman–Crippen MR) is 114 cm³/mol. The summed E-state index contributed by atoms with van der Waals surface area (Å²) in [6, 6.07) is 7.00. The number of anilines is 1. The van der Waals surface area contributed by atoms with Gasteiger partial charge in [-0.1, -0.05) is 0 Å². The first-order valence-corrected chi connectivity index (χ1v) is 11.3. The lowest BCUT2D eigenvalue weighted by Crippen LogP contribution is -2.53. The van der Waals surface area contributed by atoms with Crippen LogP contribution in [0.1, 0.15) is 6.92 Å². The molecule has 0 spiro atoms. The lowest BCUT2D eigenvalue weighted by atomic mass is 10.2. The number of nitrogens with zero attached hydrogens (tertiary/aromatic N) is 2. The molecule has 2 aromatic rings.